The highest BCUT2D eigenvalue weighted by atomic mass is 16.5. The molecule has 134 valence electrons. The molecule has 0 aliphatic rings. The maximum absolute atomic E-state index is 12.1. The number of aryl methyl sites for hydroxylation is 1. The zero-order valence-electron chi connectivity index (χ0n) is 14.2. The Morgan fingerprint density at radius 2 is 1.92 bits per heavy atom. The Bertz CT molecular complexity index is 985. The van der Waals surface area contributed by atoms with Crippen LogP contribution >= 0.6 is 0 Å². The second-order valence-electron chi connectivity index (χ2n) is 5.69. The molecule has 7 nitrogen and oxygen atoms in total. The Kier molecular flexibility index (Phi) is 5.17. The molecule has 0 aliphatic carbocycles. The van der Waals surface area contributed by atoms with Crippen LogP contribution in [-0.4, -0.2) is 23.5 Å². The number of anilines is 1. The van der Waals surface area contributed by atoms with Gasteiger partial charge < -0.3 is 14.5 Å². The van der Waals surface area contributed by atoms with Crippen LogP contribution in [0.15, 0.2) is 51.7 Å². The second-order valence-corrected chi connectivity index (χ2v) is 5.69. The number of aromatic nitrogens is 1. The van der Waals surface area contributed by atoms with Crippen molar-refractivity contribution >= 4 is 28.7 Å². The molecule has 2 N–H and O–H groups in total. The van der Waals surface area contributed by atoms with Gasteiger partial charge in [0.1, 0.15) is 0 Å². The number of amides is 1. The minimum absolute atomic E-state index is 0.144. The van der Waals surface area contributed by atoms with Crippen molar-refractivity contribution in [1.29, 1.82) is 0 Å². The fraction of sp³-hybridized carbons (Fsp3) is 0.211. The first-order chi connectivity index (χ1) is 12.5. The number of fused-ring (bicyclic) bond motifs is 1. The Morgan fingerprint density at radius 1 is 1.15 bits per heavy atom. The molecule has 0 unspecified atom stereocenters. The number of benzene rings is 2. The summed E-state index contributed by atoms with van der Waals surface area (Å²) in [4.78, 5) is 37.4. The number of ether oxygens (including phenoxy) is 1. The van der Waals surface area contributed by atoms with Gasteiger partial charge in [-0.1, -0.05) is 6.07 Å². The Labute approximate surface area is 149 Å². The van der Waals surface area contributed by atoms with E-state index in [4.69, 9.17) is 9.15 Å². The van der Waals surface area contributed by atoms with Crippen LogP contribution in [0.5, 0.6) is 0 Å². The van der Waals surface area contributed by atoms with Gasteiger partial charge in [-0.2, -0.15) is 0 Å². The number of aromatic amines is 1. The Morgan fingerprint density at radius 3 is 2.65 bits per heavy atom. The number of esters is 1. The van der Waals surface area contributed by atoms with Crippen molar-refractivity contribution in [3.8, 4) is 0 Å². The molecule has 2 aromatic carbocycles. The van der Waals surface area contributed by atoms with Crippen LogP contribution in [-0.2, 0) is 16.0 Å². The molecule has 1 amide bonds. The van der Waals surface area contributed by atoms with Crippen LogP contribution in [0.3, 0.4) is 0 Å². The third-order valence-corrected chi connectivity index (χ3v) is 3.80. The molecule has 0 bridgehead atoms. The molecule has 0 atom stereocenters. The van der Waals surface area contributed by atoms with Gasteiger partial charge in [0, 0.05) is 12.1 Å². The van der Waals surface area contributed by atoms with Gasteiger partial charge in [0.2, 0.25) is 5.91 Å². The highest BCUT2D eigenvalue weighted by Gasteiger charge is 2.08. The van der Waals surface area contributed by atoms with Crippen molar-refractivity contribution < 1.29 is 18.7 Å². The summed E-state index contributed by atoms with van der Waals surface area (Å²) < 4.78 is 9.86. The molecule has 7 heteroatoms. The lowest BCUT2D eigenvalue weighted by Crippen LogP contribution is -2.12. The largest absolute Gasteiger partial charge is 0.462 e. The fourth-order valence-corrected chi connectivity index (χ4v) is 2.54. The molecule has 0 aliphatic heterocycles. The smallest absolute Gasteiger partial charge is 0.417 e. The molecule has 1 aromatic heterocycles. The van der Waals surface area contributed by atoms with Gasteiger partial charge in [-0.05, 0) is 55.3 Å². The van der Waals surface area contributed by atoms with Crippen LogP contribution in [0, 0.1) is 0 Å². The summed E-state index contributed by atoms with van der Waals surface area (Å²) in [7, 11) is 0. The molecule has 0 fully saturated rings. The molecule has 0 saturated carbocycles. The minimum Gasteiger partial charge on any atom is -0.462 e. The maximum atomic E-state index is 12.1. The Hall–Kier alpha value is -3.35. The molecule has 3 rings (SSSR count). The van der Waals surface area contributed by atoms with Crippen molar-refractivity contribution in [2.75, 3.05) is 11.9 Å². The maximum Gasteiger partial charge on any atom is 0.417 e. The predicted octanol–water partition coefficient (Wildman–Crippen LogP) is 2.87. The number of oxazole rings is 1. The SMILES string of the molecule is CCOC(=O)c1ccc(NC(=O)CCc2ccc3oc(=O)[nH]c3c2)cc1. The third-order valence-electron chi connectivity index (χ3n) is 3.80. The average molecular weight is 354 g/mol. The first kappa shape index (κ1) is 17.5. The van der Waals surface area contributed by atoms with Crippen molar-refractivity contribution in [2.45, 2.75) is 19.8 Å². The van der Waals surface area contributed by atoms with E-state index in [2.05, 4.69) is 10.3 Å². The second kappa shape index (κ2) is 7.69. The molecule has 0 radical (unpaired) electrons. The highest BCUT2D eigenvalue weighted by Crippen LogP contribution is 2.15. The first-order valence-corrected chi connectivity index (χ1v) is 8.24. The minimum atomic E-state index is -0.499. The van der Waals surface area contributed by atoms with E-state index in [0.717, 1.165) is 5.56 Å². The van der Waals surface area contributed by atoms with Crippen LogP contribution in [0.25, 0.3) is 11.1 Å². The van der Waals surface area contributed by atoms with E-state index in [9.17, 15) is 14.4 Å². The number of carbonyl (C=O) groups is 2. The van der Waals surface area contributed by atoms with Crippen molar-refractivity contribution in [3.05, 3.63) is 64.1 Å². The summed E-state index contributed by atoms with van der Waals surface area (Å²) in [5, 5.41) is 2.78. The summed E-state index contributed by atoms with van der Waals surface area (Å²) >= 11 is 0. The number of nitrogens with one attached hydrogen (secondary N) is 2. The summed E-state index contributed by atoms with van der Waals surface area (Å²) in [6, 6.07) is 11.9. The topological polar surface area (TPSA) is 101 Å². The zero-order chi connectivity index (χ0) is 18.5. The van der Waals surface area contributed by atoms with Gasteiger partial charge in [-0.15, -0.1) is 0 Å². The van der Waals surface area contributed by atoms with Gasteiger partial charge >= 0.3 is 11.7 Å². The average Bonchev–Trinajstić information content (AvgIpc) is 3.00. The number of hydrogen-bond acceptors (Lipinski definition) is 5. The van der Waals surface area contributed by atoms with E-state index in [1.807, 2.05) is 6.07 Å². The zero-order valence-corrected chi connectivity index (χ0v) is 14.2. The lowest BCUT2D eigenvalue weighted by molar-refractivity contribution is -0.116. The summed E-state index contributed by atoms with van der Waals surface area (Å²) in [5.41, 5.74) is 3.07. The van der Waals surface area contributed by atoms with E-state index in [-0.39, 0.29) is 12.3 Å². The molecule has 26 heavy (non-hydrogen) atoms. The van der Waals surface area contributed by atoms with E-state index in [1.165, 1.54) is 0 Å². The molecular weight excluding hydrogens is 336 g/mol. The van der Waals surface area contributed by atoms with Gasteiger partial charge in [-0.25, -0.2) is 9.59 Å². The van der Waals surface area contributed by atoms with Crippen molar-refractivity contribution in [3.63, 3.8) is 0 Å². The lowest BCUT2D eigenvalue weighted by atomic mass is 10.1. The molecular formula is C19H18N2O5. The van der Waals surface area contributed by atoms with Crippen molar-refractivity contribution in [2.24, 2.45) is 0 Å². The highest BCUT2D eigenvalue weighted by molar-refractivity contribution is 5.93. The summed E-state index contributed by atoms with van der Waals surface area (Å²) in [5.74, 6) is -1.03. The van der Waals surface area contributed by atoms with Crippen LogP contribution in [0.1, 0.15) is 29.3 Å². The van der Waals surface area contributed by atoms with E-state index in [0.29, 0.717) is 35.4 Å². The fourth-order valence-electron chi connectivity index (χ4n) is 2.54. The predicted molar refractivity (Wildman–Crippen MR) is 96.2 cm³/mol. The number of carbonyl (C=O) groups excluding carboxylic acids is 2. The van der Waals surface area contributed by atoms with Gasteiger partial charge in [0.05, 0.1) is 17.7 Å². The van der Waals surface area contributed by atoms with Gasteiger partial charge in [-0.3, -0.25) is 9.78 Å². The summed E-state index contributed by atoms with van der Waals surface area (Å²) in [6.45, 7) is 2.06. The van der Waals surface area contributed by atoms with Crippen LogP contribution in [0.2, 0.25) is 0 Å². The normalized spacial score (nSPS) is 10.7. The molecule has 0 saturated heterocycles. The molecule has 3 aromatic rings. The summed E-state index contributed by atoms with van der Waals surface area (Å²) in [6.07, 6.45) is 0.809. The monoisotopic (exact) mass is 354 g/mol. The lowest BCUT2D eigenvalue weighted by Gasteiger charge is -2.07. The van der Waals surface area contributed by atoms with Crippen LogP contribution < -0.4 is 11.1 Å². The molecule has 1 heterocycles. The van der Waals surface area contributed by atoms with E-state index >= 15 is 0 Å². The number of H-pyrrole nitrogens is 1. The standard InChI is InChI=1S/C19H18N2O5/c1-2-25-18(23)13-5-7-14(8-6-13)20-17(22)10-4-12-3-9-16-15(11-12)21-19(24)26-16/h3,5-9,11H,2,4,10H2,1H3,(H,20,22)(H,21,24). The number of rotatable bonds is 6. The third kappa shape index (κ3) is 4.18. The quantitative estimate of drug-likeness (QED) is 0.663. The molecule has 0 spiro atoms. The Balaban J connectivity index is 1.56. The van der Waals surface area contributed by atoms with E-state index < -0.39 is 11.7 Å². The van der Waals surface area contributed by atoms with Crippen molar-refractivity contribution in [1.82, 2.24) is 4.98 Å². The van der Waals surface area contributed by atoms with Crippen LogP contribution in [0.4, 0.5) is 5.69 Å². The number of hydrogen-bond donors (Lipinski definition) is 2. The van der Waals surface area contributed by atoms with Gasteiger partial charge in [0.15, 0.2) is 5.58 Å². The first-order valence-electron chi connectivity index (χ1n) is 8.24. The van der Waals surface area contributed by atoms with Gasteiger partial charge in [0.25, 0.3) is 0 Å². The van der Waals surface area contributed by atoms with E-state index in [1.54, 1.807) is 43.3 Å².